The monoisotopic (exact) mass is 276 g/mol. The zero-order chi connectivity index (χ0) is 14.1. The molecule has 2 aliphatic rings. The quantitative estimate of drug-likeness (QED) is 0.872. The second-order valence-electron chi connectivity index (χ2n) is 6.11. The fraction of sp³-hybridized carbons (Fsp3) is 0.625. The van der Waals surface area contributed by atoms with E-state index in [9.17, 15) is 5.11 Å². The van der Waals surface area contributed by atoms with Crippen molar-refractivity contribution in [2.75, 3.05) is 20.2 Å². The molecule has 0 spiro atoms. The van der Waals surface area contributed by atoms with Gasteiger partial charge in [-0.1, -0.05) is 12.1 Å². The summed E-state index contributed by atoms with van der Waals surface area (Å²) in [6.07, 6.45) is 2.08. The van der Waals surface area contributed by atoms with Crippen molar-refractivity contribution >= 4 is 0 Å². The van der Waals surface area contributed by atoms with Crippen molar-refractivity contribution in [3.8, 4) is 5.75 Å². The predicted octanol–water partition coefficient (Wildman–Crippen LogP) is 1.36. The van der Waals surface area contributed by atoms with Crippen LogP contribution in [0.5, 0.6) is 5.75 Å². The van der Waals surface area contributed by atoms with E-state index in [-0.39, 0.29) is 6.10 Å². The molecule has 3 N–H and O–H groups in total. The first kappa shape index (κ1) is 13.9. The van der Waals surface area contributed by atoms with E-state index < -0.39 is 0 Å². The van der Waals surface area contributed by atoms with E-state index in [4.69, 9.17) is 10.5 Å². The summed E-state index contributed by atoms with van der Waals surface area (Å²) < 4.78 is 5.39. The molecule has 1 saturated heterocycles. The molecule has 20 heavy (non-hydrogen) atoms. The lowest BCUT2D eigenvalue weighted by Gasteiger charge is -2.19. The van der Waals surface area contributed by atoms with E-state index in [1.807, 2.05) is 0 Å². The molecule has 4 heteroatoms. The average Bonchev–Trinajstić information content (AvgIpc) is 3.01. The van der Waals surface area contributed by atoms with Gasteiger partial charge in [0.05, 0.1) is 13.2 Å². The maximum atomic E-state index is 9.97. The van der Waals surface area contributed by atoms with Crippen LogP contribution in [-0.4, -0.2) is 36.3 Å². The molecular formula is C16H24N2O2. The number of ether oxygens (including phenoxy) is 1. The van der Waals surface area contributed by atoms with Crippen LogP contribution in [0.25, 0.3) is 0 Å². The Balaban J connectivity index is 1.67. The first-order valence-electron chi connectivity index (χ1n) is 7.47. The molecule has 2 fully saturated rings. The summed E-state index contributed by atoms with van der Waals surface area (Å²) in [6, 6.07) is 6.28. The molecule has 0 radical (unpaired) electrons. The number of aliphatic hydroxyl groups excluding tert-OH is 1. The summed E-state index contributed by atoms with van der Waals surface area (Å²) >= 11 is 0. The Morgan fingerprint density at radius 3 is 2.90 bits per heavy atom. The second-order valence-corrected chi connectivity index (χ2v) is 6.11. The first-order chi connectivity index (χ1) is 9.71. The molecule has 1 aliphatic heterocycles. The van der Waals surface area contributed by atoms with Gasteiger partial charge >= 0.3 is 0 Å². The van der Waals surface area contributed by atoms with Crippen LogP contribution in [0, 0.1) is 11.8 Å². The third-order valence-corrected chi connectivity index (χ3v) is 4.87. The largest absolute Gasteiger partial charge is 0.496 e. The minimum Gasteiger partial charge on any atom is -0.496 e. The van der Waals surface area contributed by atoms with E-state index in [1.54, 1.807) is 7.11 Å². The van der Waals surface area contributed by atoms with Gasteiger partial charge in [0, 0.05) is 37.7 Å². The highest BCUT2D eigenvalue weighted by Crippen LogP contribution is 2.38. The number of likely N-dealkylation sites (tertiary alicyclic amines) is 1. The number of hydrogen-bond acceptors (Lipinski definition) is 4. The zero-order valence-electron chi connectivity index (χ0n) is 12.1. The molecule has 110 valence electrons. The smallest absolute Gasteiger partial charge is 0.123 e. The van der Waals surface area contributed by atoms with Crippen molar-refractivity contribution in [3.05, 3.63) is 29.3 Å². The number of hydrogen-bond donors (Lipinski definition) is 2. The summed E-state index contributed by atoms with van der Waals surface area (Å²) in [5.41, 5.74) is 8.00. The molecule has 0 amide bonds. The second kappa shape index (κ2) is 5.72. The summed E-state index contributed by atoms with van der Waals surface area (Å²) in [4.78, 5) is 2.45. The van der Waals surface area contributed by atoms with Gasteiger partial charge < -0.3 is 15.6 Å². The van der Waals surface area contributed by atoms with Crippen molar-refractivity contribution in [2.24, 2.45) is 17.6 Å². The normalized spacial score (nSPS) is 29.6. The van der Waals surface area contributed by atoms with Crippen molar-refractivity contribution < 1.29 is 9.84 Å². The number of rotatable bonds is 4. The number of fused-ring (bicyclic) bond motifs is 1. The summed E-state index contributed by atoms with van der Waals surface area (Å²) in [7, 11) is 1.69. The highest BCUT2D eigenvalue weighted by Gasteiger charge is 2.41. The van der Waals surface area contributed by atoms with Crippen molar-refractivity contribution in [3.63, 3.8) is 0 Å². The Hall–Kier alpha value is -1.10. The van der Waals surface area contributed by atoms with Gasteiger partial charge in [0.15, 0.2) is 0 Å². The molecular weight excluding hydrogens is 252 g/mol. The third kappa shape index (κ3) is 2.55. The SMILES string of the molecule is COc1cc(CN2CC3CCC(O)C3C2)ccc1CN. The van der Waals surface area contributed by atoms with Crippen LogP contribution in [0.2, 0.25) is 0 Å². The Labute approximate surface area is 120 Å². The Morgan fingerprint density at radius 1 is 1.35 bits per heavy atom. The molecule has 3 rings (SSSR count). The molecule has 4 nitrogen and oxygen atoms in total. The number of benzene rings is 1. The van der Waals surface area contributed by atoms with E-state index in [0.717, 1.165) is 37.4 Å². The Morgan fingerprint density at radius 2 is 2.20 bits per heavy atom. The van der Waals surface area contributed by atoms with Gasteiger partial charge in [0.2, 0.25) is 0 Å². The van der Waals surface area contributed by atoms with Gasteiger partial charge in [-0.15, -0.1) is 0 Å². The van der Waals surface area contributed by atoms with Crippen LogP contribution in [-0.2, 0) is 13.1 Å². The number of aliphatic hydroxyl groups is 1. The lowest BCUT2D eigenvalue weighted by atomic mass is 10.00. The topological polar surface area (TPSA) is 58.7 Å². The molecule has 3 unspecified atom stereocenters. The van der Waals surface area contributed by atoms with Crippen LogP contribution in [0.15, 0.2) is 18.2 Å². The van der Waals surface area contributed by atoms with E-state index in [0.29, 0.717) is 18.4 Å². The van der Waals surface area contributed by atoms with Gasteiger partial charge in [0.25, 0.3) is 0 Å². The van der Waals surface area contributed by atoms with Crippen LogP contribution in [0.4, 0.5) is 0 Å². The molecule has 1 aromatic carbocycles. The van der Waals surface area contributed by atoms with E-state index in [2.05, 4.69) is 23.1 Å². The lowest BCUT2D eigenvalue weighted by molar-refractivity contribution is 0.123. The fourth-order valence-corrected chi connectivity index (χ4v) is 3.77. The molecule has 0 aromatic heterocycles. The Bertz CT molecular complexity index is 478. The molecule has 3 atom stereocenters. The Kier molecular flexibility index (Phi) is 3.96. The molecule has 1 aliphatic carbocycles. The maximum Gasteiger partial charge on any atom is 0.123 e. The first-order valence-corrected chi connectivity index (χ1v) is 7.47. The van der Waals surface area contributed by atoms with Crippen LogP contribution in [0.3, 0.4) is 0 Å². The minimum atomic E-state index is -0.0841. The standard InChI is InChI=1S/C16H24N2O2/c1-20-16-6-11(2-3-12(16)7-17)8-18-9-13-4-5-15(19)14(13)10-18/h2-3,6,13-15,19H,4-5,7-10,17H2,1H3. The van der Waals surface area contributed by atoms with Gasteiger partial charge in [-0.25, -0.2) is 0 Å². The number of nitrogens with two attached hydrogens (primary N) is 1. The average molecular weight is 276 g/mol. The molecule has 1 saturated carbocycles. The van der Waals surface area contributed by atoms with Crippen molar-refractivity contribution in [1.29, 1.82) is 0 Å². The highest BCUT2D eigenvalue weighted by molar-refractivity contribution is 5.37. The lowest BCUT2D eigenvalue weighted by Crippen LogP contribution is -2.24. The molecule has 1 heterocycles. The van der Waals surface area contributed by atoms with Crippen LogP contribution in [0.1, 0.15) is 24.0 Å². The van der Waals surface area contributed by atoms with Crippen LogP contribution >= 0.6 is 0 Å². The minimum absolute atomic E-state index is 0.0841. The summed E-state index contributed by atoms with van der Waals surface area (Å²) in [5.74, 6) is 2.06. The number of methoxy groups -OCH3 is 1. The zero-order valence-corrected chi connectivity index (χ0v) is 12.1. The van der Waals surface area contributed by atoms with Gasteiger partial charge in [-0.3, -0.25) is 4.90 Å². The predicted molar refractivity (Wildman–Crippen MR) is 78.4 cm³/mol. The number of nitrogens with zero attached hydrogens (tertiary/aromatic N) is 1. The maximum absolute atomic E-state index is 9.97. The van der Waals surface area contributed by atoms with Crippen molar-refractivity contribution in [1.82, 2.24) is 4.90 Å². The summed E-state index contributed by atoms with van der Waals surface area (Å²) in [6.45, 7) is 3.57. The highest BCUT2D eigenvalue weighted by atomic mass is 16.5. The van der Waals surface area contributed by atoms with Crippen molar-refractivity contribution in [2.45, 2.75) is 32.0 Å². The molecule has 1 aromatic rings. The van der Waals surface area contributed by atoms with Crippen LogP contribution < -0.4 is 10.5 Å². The van der Waals surface area contributed by atoms with E-state index in [1.165, 1.54) is 12.0 Å². The molecule has 0 bridgehead atoms. The third-order valence-electron chi connectivity index (χ3n) is 4.87. The van der Waals surface area contributed by atoms with Gasteiger partial charge in [-0.05, 0) is 30.4 Å². The van der Waals surface area contributed by atoms with E-state index >= 15 is 0 Å². The van der Waals surface area contributed by atoms with Gasteiger partial charge in [-0.2, -0.15) is 0 Å². The fourth-order valence-electron chi connectivity index (χ4n) is 3.77. The van der Waals surface area contributed by atoms with Gasteiger partial charge in [0.1, 0.15) is 5.75 Å². The summed E-state index contributed by atoms with van der Waals surface area (Å²) in [5, 5.41) is 9.97.